The molecule has 0 spiro atoms. The normalized spacial score (nSPS) is 23.9. The highest BCUT2D eigenvalue weighted by Gasteiger charge is 2.40. The van der Waals surface area contributed by atoms with Crippen LogP contribution in [0.1, 0.15) is 5.69 Å². The van der Waals surface area contributed by atoms with E-state index in [9.17, 15) is 0 Å². The average Bonchev–Trinajstić information content (AvgIpc) is 3.06. The molecule has 2 unspecified atom stereocenters. The molecule has 0 amide bonds. The van der Waals surface area contributed by atoms with Crippen molar-refractivity contribution < 1.29 is 0 Å². The Morgan fingerprint density at radius 3 is 2.50 bits per heavy atom. The lowest BCUT2D eigenvalue weighted by Crippen LogP contribution is -2.29. The zero-order valence-corrected chi connectivity index (χ0v) is 13.2. The maximum atomic E-state index is 6.27. The van der Waals surface area contributed by atoms with E-state index in [4.69, 9.17) is 11.6 Å². The molecule has 0 radical (unpaired) electrons. The lowest BCUT2D eigenvalue weighted by Gasteiger charge is -2.24. The van der Waals surface area contributed by atoms with Gasteiger partial charge in [0.1, 0.15) is 12.1 Å². The Balaban J connectivity index is 1.48. The number of nitrogens with zero attached hydrogens (tertiary/aromatic N) is 5. The summed E-state index contributed by atoms with van der Waals surface area (Å²) in [4.78, 5) is 17.4. The maximum absolute atomic E-state index is 6.27. The summed E-state index contributed by atoms with van der Waals surface area (Å²) in [6.45, 7) is 6.22. The minimum Gasteiger partial charge on any atom is -0.370 e. The van der Waals surface area contributed by atoms with Gasteiger partial charge >= 0.3 is 0 Å². The van der Waals surface area contributed by atoms with E-state index in [1.165, 1.54) is 0 Å². The van der Waals surface area contributed by atoms with Crippen molar-refractivity contribution in [2.24, 2.45) is 11.8 Å². The zero-order valence-electron chi connectivity index (χ0n) is 12.5. The number of hydrogen-bond donors (Lipinski definition) is 0. The number of aromatic nitrogens is 3. The van der Waals surface area contributed by atoms with Crippen molar-refractivity contribution in [2.45, 2.75) is 6.92 Å². The Morgan fingerprint density at radius 2 is 1.82 bits per heavy atom. The summed E-state index contributed by atoms with van der Waals surface area (Å²) < 4.78 is 0. The first-order valence-electron chi connectivity index (χ1n) is 7.59. The summed E-state index contributed by atoms with van der Waals surface area (Å²) in [6, 6.07) is 4.08. The summed E-state index contributed by atoms with van der Waals surface area (Å²) >= 11 is 6.27. The van der Waals surface area contributed by atoms with Crippen molar-refractivity contribution in [3.8, 4) is 0 Å². The van der Waals surface area contributed by atoms with Crippen LogP contribution in [0.5, 0.6) is 0 Å². The molecule has 6 heteroatoms. The predicted molar refractivity (Wildman–Crippen MR) is 87.4 cm³/mol. The van der Waals surface area contributed by atoms with Gasteiger partial charge in [-0.05, 0) is 13.0 Å². The minimum absolute atomic E-state index is 0.666. The van der Waals surface area contributed by atoms with E-state index in [0.717, 1.165) is 48.4 Å². The third-order valence-corrected chi connectivity index (χ3v) is 4.98. The first-order chi connectivity index (χ1) is 10.7. The third-order valence-electron chi connectivity index (χ3n) is 4.69. The van der Waals surface area contributed by atoms with Crippen LogP contribution in [-0.2, 0) is 0 Å². The van der Waals surface area contributed by atoms with Crippen molar-refractivity contribution in [3.63, 3.8) is 0 Å². The predicted octanol–water partition coefficient (Wildman–Crippen LogP) is 2.41. The molecule has 0 saturated carbocycles. The molecule has 4 rings (SSSR count). The first kappa shape index (κ1) is 13.8. The van der Waals surface area contributed by atoms with E-state index < -0.39 is 0 Å². The molecule has 5 nitrogen and oxygen atoms in total. The van der Waals surface area contributed by atoms with Crippen LogP contribution in [0.2, 0.25) is 5.02 Å². The van der Waals surface area contributed by atoms with Crippen molar-refractivity contribution in [1.82, 2.24) is 15.0 Å². The van der Waals surface area contributed by atoms with Crippen LogP contribution in [0.15, 0.2) is 30.9 Å². The third kappa shape index (κ3) is 2.39. The molecular weight excluding hydrogens is 298 g/mol. The molecule has 114 valence electrons. The van der Waals surface area contributed by atoms with Gasteiger partial charge in [-0.15, -0.1) is 0 Å². The van der Waals surface area contributed by atoms with Crippen LogP contribution in [-0.4, -0.2) is 41.1 Å². The number of hydrogen-bond acceptors (Lipinski definition) is 5. The highest BCUT2D eigenvalue weighted by Crippen LogP contribution is 2.37. The molecule has 2 atom stereocenters. The van der Waals surface area contributed by atoms with Crippen LogP contribution in [0.25, 0.3) is 0 Å². The van der Waals surface area contributed by atoms with Crippen LogP contribution in [0.3, 0.4) is 0 Å². The topological polar surface area (TPSA) is 45.2 Å². The van der Waals surface area contributed by atoms with E-state index >= 15 is 0 Å². The summed E-state index contributed by atoms with van der Waals surface area (Å²) in [5, 5.41) is 0.741. The lowest BCUT2D eigenvalue weighted by atomic mass is 10.0. The SMILES string of the molecule is Cc1cc(N2CC3CN(c4ccncc4Cl)CC3C2)ncn1. The molecule has 0 aliphatic carbocycles. The van der Waals surface area contributed by atoms with Gasteiger partial charge in [-0.25, -0.2) is 9.97 Å². The van der Waals surface area contributed by atoms with Gasteiger partial charge in [0.2, 0.25) is 0 Å². The van der Waals surface area contributed by atoms with Crippen LogP contribution < -0.4 is 9.80 Å². The summed E-state index contributed by atoms with van der Waals surface area (Å²) in [5.74, 6) is 2.38. The maximum Gasteiger partial charge on any atom is 0.132 e. The Hall–Kier alpha value is -1.88. The number of fused-ring (bicyclic) bond motifs is 1. The van der Waals surface area contributed by atoms with Crippen molar-refractivity contribution in [3.05, 3.63) is 41.6 Å². The molecule has 2 aliphatic rings. The molecule has 2 aromatic rings. The highest BCUT2D eigenvalue weighted by molar-refractivity contribution is 6.33. The molecule has 2 fully saturated rings. The largest absolute Gasteiger partial charge is 0.370 e. The monoisotopic (exact) mass is 315 g/mol. The van der Waals surface area contributed by atoms with Crippen molar-refractivity contribution in [2.75, 3.05) is 36.0 Å². The fraction of sp³-hybridized carbons (Fsp3) is 0.438. The van der Waals surface area contributed by atoms with E-state index in [-0.39, 0.29) is 0 Å². The van der Waals surface area contributed by atoms with Crippen LogP contribution in [0.4, 0.5) is 11.5 Å². The average molecular weight is 316 g/mol. The van der Waals surface area contributed by atoms with Gasteiger partial charge in [0.15, 0.2) is 0 Å². The quantitative estimate of drug-likeness (QED) is 0.851. The van der Waals surface area contributed by atoms with Gasteiger partial charge in [-0.3, -0.25) is 4.98 Å². The number of anilines is 2. The summed E-state index contributed by atoms with van der Waals surface area (Å²) in [5.41, 5.74) is 2.13. The Kier molecular flexibility index (Phi) is 3.37. The number of halogens is 1. The fourth-order valence-electron chi connectivity index (χ4n) is 3.61. The number of rotatable bonds is 2. The fourth-order valence-corrected chi connectivity index (χ4v) is 3.85. The van der Waals surface area contributed by atoms with Gasteiger partial charge in [0.05, 0.1) is 10.7 Å². The second-order valence-corrected chi connectivity index (χ2v) is 6.58. The Labute approximate surface area is 135 Å². The Bertz CT molecular complexity index is 678. The molecule has 2 saturated heterocycles. The Morgan fingerprint density at radius 1 is 1.09 bits per heavy atom. The molecular formula is C16H18ClN5. The first-order valence-corrected chi connectivity index (χ1v) is 7.96. The highest BCUT2D eigenvalue weighted by atomic mass is 35.5. The van der Waals surface area contributed by atoms with E-state index in [1.54, 1.807) is 12.5 Å². The number of pyridine rings is 1. The molecule has 0 N–H and O–H groups in total. The van der Waals surface area contributed by atoms with Gasteiger partial charge in [-0.2, -0.15) is 0 Å². The summed E-state index contributed by atoms with van der Waals surface area (Å²) in [7, 11) is 0. The van der Waals surface area contributed by atoms with Crippen LogP contribution in [0, 0.1) is 18.8 Å². The van der Waals surface area contributed by atoms with Crippen molar-refractivity contribution in [1.29, 1.82) is 0 Å². The second-order valence-electron chi connectivity index (χ2n) is 6.17. The zero-order chi connectivity index (χ0) is 15.1. The smallest absolute Gasteiger partial charge is 0.132 e. The lowest BCUT2D eigenvalue weighted by molar-refractivity contribution is 0.533. The second kappa shape index (κ2) is 5.39. The molecule has 0 aromatic carbocycles. The standard InChI is InChI=1S/C16H18ClN5/c1-11-4-16(20-10-19-11)22-8-12-6-21(7-13(12)9-22)15-2-3-18-5-14(15)17/h2-5,10,12-13H,6-9H2,1H3. The molecule has 4 heterocycles. The minimum atomic E-state index is 0.666. The van der Waals surface area contributed by atoms with Gasteiger partial charge < -0.3 is 9.80 Å². The molecule has 2 aliphatic heterocycles. The van der Waals surface area contributed by atoms with Gasteiger partial charge in [0, 0.05) is 62.2 Å². The van der Waals surface area contributed by atoms with E-state index in [0.29, 0.717) is 11.8 Å². The van der Waals surface area contributed by atoms with Gasteiger partial charge in [-0.1, -0.05) is 11.6 Å². The van der Waals surface area contributed by atoms with Crippen LogP contribution >= 0.6 is 11.6 Å². The molecule has 22 heavy (non-hydrogen) atoms. The van der Waals surface area contributed by atoms with E-state index in [2.05, 4.69) is 30.8 Å². The number of aryl methyl sites for hydroxylation is 1. The summed E-state index contributed by atoms with van der Waals surface area (Å²) in [6.07, 6.45) is 5.19. The van der Waals surface area contributed by atoms with Gasteiger partial charge in [0.25, 0.3) is 0 Å². The molecule has 0 bridgehead atoms. The van der Waals surface area contributed by atoms with E-state index in [1.807, 2.05) is 19.2 Å². The van der Waals surface area contributed by atoms with Crippen molar-refractivity contribution >= 4 is 23.1 Å². The molecule has 2 aromatic heterocycles.